The molecule has 1 rings (SSSR count). The van der Waals surface area contributed by atoms with Crippen molar-refractivity contribution < 1.29 is 0 Å². The van der Waals surface area contributed by atoms with E-state index in [1.54, 1.807) is 6.07 Å². The van der Waals surface area contributed by atoms with E-state index in [-0.39, 0.29) is 6.04 Å². The van der Waals surface area contributed by atoms with Crippen molar-refractivity contribution in [2.45, 2.75) is 13.0 Å². The third kappa shape index (κ3) is 2.62. The molecule has 1 aromatic carbocycles. The molecule has 0 aliphatic heterocycles. The molecule has 0 fully saturated rings. The van der Waals surface area contributed by atoms with Crippen LogP contribution in [0.15, 0.2) is 18.2 Å². The van der Waals surface area contributed by atoms with E-state index in [9.17, 15) is 0 Å². The second-order valence-electron chi connectivity index (χ2n) is 2.90. The average molecular weight is 229 g/mol. The molecule has 0 bridgehead atoms. The first-order chi connectivity index (χ1) is 6.66. The number of nitrogens with one attached hydrogen (secondary N) is 1. The molecule has 0 heterocycles. The fourth-order valence-corrected chi connectivity index (χ4v) is 1.64. The van der Waals surface area contributed by atoms with Crippen LogP contribution in [0.1, 0.15) is 18.5 Å². The average Bonchev–Trinajstić information content (AvgIpc) is 2.18. The smallest absolute Gasteiger partial charge is 0.0845 e. The Hall–Kier alpha value is -0.750. The molecule has 14 heavy (non-hydrogen) atoms. The van der Waals surface area contributed by atoms with Crippen LogP contribution in [0.3, 0.4) is 0 Å². The number of nitriles is 1. The first kappa shape index (κ1) is 11.3. The van der Waals surface area contributed by atoms with Gasteiger partial charge in [-0.1, -0.05) is 35.3 Å². The third-order valence-corrected chi connectivity index (χ3v) is 2.77. The Balaban J connectivity index is 2.85. The number of halogens is 2. The van der Waals surface area contributed by atoms with Crippen LogP contribution in [-0.4, -0.2) is 6.54 Å². The highest BCUT2D eigenvalue weighted by Gasteiger charge is 2.10. The van der Waals surface area contributed by atoms with Gasteiger partial charge in [-0.15, -0.1) is 0 Å². The lowest BCUT2D eigenvalue weighted by Gasteiger charge is -2.13. The topological polar surface area (TPSA) is 35.8 Å². The summed E-state index contributed by atoms with van der Waals surface area (Å²) < 4.78 is 0. The van der Waals surface area contributed by atoms with E-state index in [4.69, 9.17) is 28.5 Å². The highest BCUT2D eigenvalue weighted by atomic mass is 35.5. The molecular formula is C10H10Cl2N2. The predicted molar refractivity (Wildman–Crippen MR) is 58.5 cm³/mol. The Labute approximate surface area is 93.4 Å². The summed E-state index contributed by atoms with van der Waals surface area (Å²) in [4.78, 5) is 0. The van der Waals surface area contributed by atoms with E-state index in [1.807, 2.05) is 25.1 Å². The molecule has 2 nitrogen and oxygen atoms in total. The van der Waals surface area contributed by atoms with Crippen LogP contribution in [0.2, 0.25) is 10.0 Å². The monoisotopic (exact) mass is 228 g/mol. The molecule has 1 unspecified atom stereocenters. The maximum Gasteiger partial charge on any atom is 0.0845 e. The Bertz CT molecular complexity index is 358. The highest BCUT2D eigenvalue weighted by Crippen LogP contribution is 2.29. The quantitative estimate of drug-likeness (QED) is 0.808. The second-order valence-corrected chi connectivity index (χ2v) is 3.69. The summed E-state index contributed by atoms with van der Waals surface area (Å²) in [6.45, 7) is 2.24. The Morgan fingerprint density at radius 3 is 2.86 bits per heavy atom. The largest absolute Gasteiger partial charge is 0.298 e. The van der Waals surface area contributed by atoms with Crippen molar-refractivity contribution in [2.75, 3.05) is 6.54 Å². The van der Waals surface area contributed by atoms with Gasteiger partial charge in [0.1, 0.15) is 0 Å². The molecule has 0 spiro atoms. The van der Waals surface area contributed by atoms with Gasteiger partial charge in [-0.2, -0.15) is 5.26 Å². The SMILES string of the molecule is CC(NCC#N)c1cccc(Cl)c1Cl. The molecule has 0 aliphatic carbocycles. The van der Waals surface area contributed by atoms with E-state index >= 15 is 0 Å². The van der Waals surface area contributed by atoms with E-state index in [0.29, 0.717) is 16.6 Å². The second kappa shape index (κ2) is 5.21. The molecule has 1 aromatic rings. The van der Waals surface area contributed by atoms with Gasteiger partial charge in [-0.25, -0.2) is 0 Å². The van der Waals surface area contributed by atoms with Crippen LogP contribution in [-0.2, 0) is 0 Å². The van der Waals surface area contributed by atoms with Gasteiger partial charge >= 0.3 is 0 Å². The van der Waals surface area contributed by atoms with Crippen molar-refractivity contribution in [2.24, 2.45) is 0 Å². The van der Waals surface area contributed by atoms with Crippen molar-refractivity contribution in [3.63, 3.8) is 0 Å². The van der Waals surface area contributed by atoms with Crippen LogP contribution in [0.4, 0.5) is 0 Å². The van der Waals surface area contributed by atoms with Crippen LogP contribution < -0.4 is 5.32 Å². The minimum atomic E-state index is 0.0286. The fourth-order valence-electron chi connectivity index (χ4n) is 1.16. The molecule has 0 saturated heterocycles. The van der Waals surface area contributed by atoms with Crippen molar-refractivity contribution in [1.29, 1.82) is 5.26 Å². The molecule has 4 heteroatoms. The van der Waals surface area contributed by atoms with Gasteiger partial charge in [0.15, 0.2) is 0 Å². The Morgan fingerprint density at radius 1 is 1.50 bits per heavy atom. The first-order valence-electron chi connectivity index (χ1n) is 4.21. The first-order valence-corrected chi connectivity index (χ1v) is 4.96. The zero-order chi connectivity index (χ0) is 10.6. The predicted octanol–water partition coefficient (Wildman–Crippen LogP) is 3.17. The van der Waals surface area contributed by atoms with E-state index in [2.05, 4.69) is 5.32 Å². The lowest BCUT2D eigenvalue weighted by atomic mass is 10.1. The van der Waals surface area contributed by atoms with E-state index in [1.165, 1.54) is 0 Å². The summed E-state index contributed by atoms with van der Waals surface area (Å²) in [6, 6.07) is 7.52. The fraction of sp³-hybridized carbons (Fsp3) is 0.300. The number of nitrogens with zero attached hydrogens (tertiary/aromatic N) is 1. The molecular weight excluding hydrogens is 219 g/mol. The summed E-state index contributed by atoms with van der Waals surface area (Å²) in [6.07, 6.45) is 0. The minimum Gasteiger partial charge on any atom is -0.298 e. The van der Waals surface area contributed by atoms with Gasteiger partial charge < -0.3 is 0 Å². The standard InChI is InChI=1S/C10H10Cl2N2/c1-7(14-6-5-13)8-3-2-4-9(11)10(8)12/h2-4,7,14H,6H2,1H3. The van der Waals surface area contributed by atoms with Gasteiger partial charge in [-0.3, -0.25) is 5.32 Å². The van der Waals surface area contributed by atoms with E-state index in [0.717, 1.165) is 5.56 Å². The summed E-state index contributed by atoms with van der Waals surface area (Å²) in [7, 11) is 0. The molecule has 1 N–H and O–H groups in total. The lowest BCUT2D eigenvalue weighted by Crippen LogP contribution is -2.18. The molecule has 0 radical (unpaired) electrons. The molecule has 0 aromatic heterocycles. The molecule has 0 aliphatic rings. The third-order valence-electron chi connectivity index (χ3n) is 1.94. The van der Waals surface area contributed by atoms with Crippen molar-refractivity contribution in [3.8, 4) is 6.07 Å². The zero-order valence-electron chi connectivity index (χ0n) is 7.72. The molecule has 0 amide bonds. The summed E-state index contributed by atoms with van der Waals surface area (Å²) in [5.74, 6) is 0. The normalized spacial score (nSPS) is 12.1. The van der Waals surface area contributed by atoms with Crippen LogP contribution in [0, 0.1) is 11.3 Å². The lowest BCUT2D eigenvalue weighted by molar-refractivity contribution is 0.621. The summed E-state index contributed by atoms with van der Waals surface area (Å²) in [5, 5.41) is 12.5. The van der Waals surface area contributed by atoms with Crippen molar-refractivity contribution >= 4 is 23.2 Å². The number of hydrogen-bond donors (Lipinski definition) is 1. The molecule has 0 saturated carbocycles. The molecule has 74 valence electrons. The zero-order valence-corrected chi connectivity index (χ0v) is 9.23. The van der Waals surface area contributed by atoms with Gasteiger partial charge in [0.05, 0.1) is 22.7 Å². The van der Waals surface area contributed by atoms with Gasteiger partial charge in [0.25, 0.3) is 0 Å². The maximum absolute atomic E-state index is 8.41. The number of hydrogen-bond acceptors (Lipinski definition) is 2. The minimum absolute atomic E-state index is 0.0286. The number of rotatable bonds is 3. The van der Waals surface area contributed by atoms with Crippen LogP contribution in [0.25, 0.3) is 0 Å². The Morgan fingerprint density at radius 2 is 2.21 bits per heavy atom. The van der Waals surface area contributed by atoms with E-state index < -0.39 is 0 Å². The summed E-state index contributed by atoms with van der Waals surface area (Å²) >= 11 is 11.9. The highest BCUT2D eigenvalue weighted by molar-refractivity contribution is 6.42. The molecule has 1 atom stereocenters. The van der Waals surface area contributed by atoms with Gasteiger partial charge in [0, 0.05) is 6.04 Å². The van der Waals surface area contributed by atoms with Gasteiger partial charge in [0.2, 0.25) is 0 Å². The number of benzene rings is 1. The summed E-state index contributed by atoms with van der Waals surface area (Å²) in [5.41, 5.74) is 0.911. The Kier molecular flexibility index (Phi) is 4.21. The van der Waals surface area contributed by atoms with Crippen molar-refractivity contribution in [1.82, 2.24) is 5.32 Å². The maximum atomic E-state index is 8.41. The van der Waals surface area contributed by atoms with Crippen LogP contribution >= 0.6 is 23.2 Å². The van der Waals surface area contributed by atoms with Crippen molar-refractivity contribution in [3.05, 3.63) is 33.8 Å². The van der Waals surface area contributed by atoms with Crippen LogP contribution in [0.5, 0.6) is 0 Å². The van der Waals surface area contributed by atoms with Gasteiger partial charge in [-0.05, 0) is 18.6 Å².